The van der Waals surface area contributed by atoms with Crippen LogP contribution in [0.5, 0.6) is 0 Å². The maximum absolute atomic E-state index is 9.48. The molecule has 0 unspecified atom stereocenters. The minimum atomic E-state index is -0.0708. The highest BCUT2D eigenvalue weighted by atomic mass is 16.3. The van der Waals surface area contributed by atoms with Gasteiger partial charge in [-0.2, -0.15) is 0 Å². The van der Waals surface area contributed by atoms with Gasteiger partial charge in [0.15, 0.2) is 0 Å². The van der Waals surface area contributed by atoms with Gasteiger partial charge in [-0.25, -0.2) is 4.68 Å². The molecule has 0 radical (unpaired) electrons. The van der Waals surface area contributed by atoms with Crippen LogP contribution in [-0.4, -0.2) is 20.1 Å². The zero-order chi connectivity index (χ0) is 14.4. The van der Waals surface area contributed by atoms with Crippen LogP contribution in [0.15, 0.2) is 24.3 Å². The number of aliphatic hydroxyl groups excluding tert-OH is 1. The quantitative estimate of drug-likeness (QED) is 0.787. The Morgan fingerprint density at radius 1 is 1.15 bits per heavy atom. The zero-order valence-electron chi connectivity index (χ0n) is 12.3. The van der Waals surface area contributed by atoms with Gasteiger partial charge >= 0.3 is 0 Å². The monoisotopic (exact) mass is 273 g/mol. The molecule has 0 aliphatic heterocycles. The lowest BCUT2D eigenvalue weighted by molar-refractivity contribution is 0.277. The molecule has 0 aliphatic rings. The second kappa shape index (κ2) is 7.20. The molecule has 4 nitrogen and oxygen atoms in total. The Labute approximate surface area is 120 Å². The van der Waals surface area contributed by atoms with E-state index in [0.29, 0.717) is 5.69 Å². The van der Waals surface area contributed by atoms with Crippen molar-refractivity contribution in [3.63, 3.8) is 0 Å². The molecule has 0 atom stereocenters. The maximum atomic E-state index is 9.48. The van der Waals surface area contributed by atoms with E-state index in [1.165, 1.54) is 24.8 Å². The van der Waals surface area contributed by atoms with Gasteiger partial charge in [0.05, 0.1) is 12.3 Å². The van der Waals surface area contributed by atoms with Crippen LogP contribution in [0.3, 0.4) is 0 Å². The average Bonchev–Trinajstić information content (AvgIpc) is 2.87. The van der Waals surface area contributed by atoms with Gasteiger partial charge in [0.1, 0.15) is 5.69 Å². The lowest BCUT2D eigenvalue weighted by Gasteiger charge is -2.10. The number of hydrogen-bond donors (Lipinski definition) is 1. The third kappa shape index (κ3) is 3.25. The van der Waals surface area contributed by atoms with E-state index < -0.39 is 0 Å². The summed E-state index contributed by atoms with van der Waals surface area (Å²) >= 11 is 0. The molecule has 0 aliphatic carbocycles. The van der Waals surface area contributed by atoms with E-state index in [2.05, 4.69) is 36.3 Å². The second-order valence-electron chi connectivity index (χ2n) is 5.14. The Morgan fingerprint density at radius 3 is 2.65 bits per heavy atom. The van der Waals surface area contributed by atoms with E-state index in [4.69, 9.17) is 0 Å². The molecule has 1 aromatic heterocycles. The zero-order valence-corrected chi connectivity index (χ0v) is 12.3. The van der Waals surface area contributed by atoms with E-state index >= 15 is 0 Å². The highest BCUT2D eigenvalue weighted by molar-refractivity contribution is 5.65. The molecule has 0 saturated carbocycles. The minimum Gasteiger partial charge on any atom is -0.390 e. The van der Waals surface area contributed by atoms with Gasteiger partial charge in [0.25, 0.3) is 0 Å². The van der Waals surface area contributed by atoms with Gasteiger partial charge in [-0.05, 0) is 18.9 Å². The number of aliphatic hydroxyl groups is 1. The first-order valence-electron chi connectivity index (χ1n) is 7.37. The normalized spacial score (nSPS) is 10.9. The van der Waals surface area contributed by atoms with E-state index in [1.807, 2.05) is 16.8 Å². The summed E-state index contributed by atoms with van der Waals surface area (Å²) in [5.41, 5.74) is 3.91. The molecule has 1 aromatic carbocycles. The summed E-state index contributed by atoms with van der Waals surface area (Å²) in [6, 6.07) is 8.17. The standard InChI is InChI=1S/C16H23N3O/c1-3-4-5-8-11-19-16(15(12-20)17-18-19)14-10-7-6-9-13(14)2/h6-7,9-10,20H,3-5,8,11-12H2,1-2H3. The number of aromatic nitrogens is 3. The molecule has 20 heavy (non-hydrogen) atoms. The summed E-state index contributed by atoms with van der Waals surface area (Å²) in [5, 5.41) is 17.8. The number of hydrogen-bond acceptors (Lipinski definition) is 3. The molecule has 1 N–H and O–H groups in total. The maximum Gasteiger partial charge on any atom is 0.116 e. The van der Waals surface area contributed by atoms with Crippen molar-refractivity contribution in [2.24, 2.45) is 0 Å². The van der Waals surface area contributed by atoms with Crippen molar-refractivity contribution in [2.75, 3.05) is 0 Å². The van der Waals surface area contributed by atoms with Gasteiger partial charge in [0.2, 0.25) is 0 Å². The fourth-order valence-corrected chi connectivity index (χ4v) is 2.43. The largest absolute Gasteiger partial charge is 0.390 e. The third-order valence-electron chi connectivity index (χ3n) is 3.58. The van der Waals surface area contributed by atoms with Crippen molar-refractivity contribution in [1.82, 2.24) is 15.0 Å². The van der Waals surface area contributed by atoms with Crippen molar-refractivity contribution in [1.29, 1.82) is 0 Å². The number of aryl methyl sites for hydroxylation is 2. The first kappa shape index (κ1) is 14.7. The third-order valence-corrected chi connectivity index (χ3v) is 3.58. The predicted molar refractivity (Wildman–Crippen MR) is 80.3 cm³/mol. The van der Waals surface area contributed by atoms with Crippen LogP contribution in [0.1, 0.15) is 43.9 Å². The topological polar surface area (TPSA) is 50.9 Å². The van der Waals surface area contributed by atoms with Crippen LogP contribution < -0.4 is 0 Å². The molecule has 1 heterocycles. The van der Waals surface area contributed by atoms with Crippen molar-refractivity contribution < 1.29 is 5.11 Å². The first-order chi connectivity index (χ1) is 9.77. The van der Waals surface area contributed by atoms with E-state index in [1.54, 1.807) is 0 Å². The van der Waals surface area contributed by atoms with Gasteiger partial charge in [0, 0.05) is 12.1 Å². The summed E-state index contributed by atoms with van der Waals surface area (Å²) in [5.74, 6) is 0. The van der Waals surface area contributed by atoms with Crippen LogP contribution in [0.4, 0.5) is 0 Å². The molecular formula is C16H23N3O. The first-order valence-corrected chi connectivity index (χ1v) is 7.37. The molecular weight excluding hydrogens is 250 g/mol. The molecule has 4 heteroatoms. The smallest absolute Gasteiger partial charge is 0.116 e. The van der Waals surface area contributed by atoms with Crippen LogP contribution in [0, 0.1) is 6.92 Å². The second-order valence-corrected chi connectivity index (χ2v) is 5.14. The van der Waals surface area contributed by atoms with Crippen molar-refractivity contribution >= 4 is 0 Å². The van der Waals surface area contributed by atoms with Crippen LogP contribution in [-0.2, 0) is 13.2 Å². The van der Waals surface area contributed by atoms with E-state index in [9.17, 15) is 5.11 Å². The molecule has 0 saturated heterocycles. The molecule has 0 fully saturated rings. The van der Waals surface area contributed by atoms with Gasteiger partial charge in [-0.15, -0.1) is 5.10 Å². The molecule has 2 rings (SSSR count). The molecule has 108 valence electrons. The summed E-state index contributed by atoms with van der Waals surface area (Å²) in [7, 11) is 0. The van der Waals surface area contributed by atoms with Crippen LogP contribution >= 0.6 is 0 Å². The number of benzene rings is 1. The van der Waals surface area contributed by atoms with Gasteiger partial charge in [-0.1, -0.05) is 55.7 Å². The molecule has 2 aromatic rings. The van der Waals surface area contributed by atoms with Gasteiger partial charge in [-0.3, -0.25) is 0 Å². The fraction of sp³-hybridized carbons (Fsp3) is 0.500. The van der Waals surface area contributed by atoms with Crippen molar-refractivity contribution in [3.05, 3.63) is 35.5 Å². The fourth-order valence-electron chi connectivity index (χ4n) is 2.43. The van der Waals surface area contributed by atoms with Crippen molar-refractivity contribution in [3.8, 4) is 11.3 Å². The number of unbranched alkanes of at least 4 members (excludes halogenated alkanes) is 3. The average molecular weight is 273 g/mol. The summed E-state index contributed by atoms with van der Waals surface area (Å²) in [6.45, 7) is 5.07. The van der Waals surface area contributed by atoms with Crippen LogP contribution in [0.2, 0.25) is 0 Å². The van der Waals surface area contributed by atoms with Crippen LogP contribution in [0.25, 0.3) is 11.3 Å². The summed E-state index contributed by atoms with van der Waals surface area (Å²) in [6.07, 6.45) is 4.78. The van der Waals surface area contributed by atoms with E-state index in [-0.39, 0.29) is 6.61 Å². The Bertz CT molecular complexity index is 548. The van der Waals surface area contributed by atoms with Crippen molar-refractivity contribution in [2.45, 2.75) is 52.7 Å². The molecule has 0 bridgehead atoms. The Hall–Kier alpha value is -1.68. The summed E-state index contributed by atoms with van der Waals surface area (Å²) in [4.78, 5) is 0. The lowest BCUT2D eigenvalue weighted by atomic mass is 10.0. The predicted octanol–water partition coefficient (Wildman–Crippen LogP) is 3.33. The molecule has 0 amide bonds. The summed E-state index contributed by atoms with van der Waals surface area (Å²) < 4.78 is 1.93. The SMILES string of the molecule is CCCCCCn1nnc(CO)c1-c1ccccc1C. The Kier molecular flexibility index (Phi) is 5.30. The Morgan fingerprint density at radius 2 is 1.95 bits per heavy atom. The molecule has 0 spiro atoms. The number of rotatable bonds is 7. The van der Waals surface area contributed by atoms with Gasteiger partial charge < -0.3 is 5.11 Å². The lowest BCUT2D eigenvalue weighted by Crippen LogP contribution is -2.04. The highest BCUT2D eigenvalue weighted by Crippen LogP contribution is 2.26. The Balaban J connectivity index is 2.26. The number of nitrogens with zero attached hydrogens (tertiary/aromatic N) is 3. The highest BCUT2D eigenvalue weighted by Gasteiger charge is 2.15. The van der Waals surface area contributed by atoms with E-state index in [0.717, 1.165) is 24.2 Å². The minimum absolute atomic E-state index is 0.0708.